The molecule has 0 radical (unpaired) electrons. The first-order chi connectivity index (χ1) is 21.0. The monoisotopic (exact) mass is 659 g/mol. The van der Waals surface area contributed by atoms with Crippen LogP contribution in [0.15, 0.2) is 52.3 Å². The van der Waals surface area contributed by atoms with E-state index in [1.54, 1.807) is 43.9 Å². The molecular formula is C31H35F6N3O4S. The maximum Gasteiger partial charge on any atom is 0.418 e. The molecule has 14 heteroatoms. The standard InChI is InChI=1S/C31H35F6N3O4S/c1-29(2,3)44-28(42)40-13-11-21(12-14-40)38-22-5-4-6-23(19-22)45-24-9-7-20(8-10-25(41)39-15-17-43-18-16-39)26(30(32,33)34)27(24)31(35,36)37/h4-10,19,21,38H,11-18H2,1-3H3/b10-8+. The Bertz CT molecular complexity index is 1390. The predicted octanol–water partition coefficient (Wildman–Crippen LogP) is 7.56. The largest absolute Gasteiger partial charge is 0.444 e. The number of benzene rings is 2. The fourth-order valence-electron chi connectivity index (χ4n) is 5.01. The molecule has 2 amide bonds. The van der Waals surface area contributed by atoms with E-state index in [-0.39, 0.29) is 32.3 Å². The molecule has 7 nitrogen and oxygen atoms in total. The molecule has 2 aromatic rings. The van der Waals surface area contributed by atoms with Crippen molar-refractivity contribution in [2.45, 2.75) is 67.4 Å². The summed E-state index contributed by atoms with van der Waals surface area (Å²) in [7, 11) is 0. The molecule has 2 aliphatic heterocycles. The van der Waals surface area contributed by atoms with Gasteiger partial charge in [0.25, 0.3) is 0 Å². The molecule has 0 aromatic heterocycles. The van der Waals surface area contributed by atoms with E-state index in [1.165, 1.54) is 11.0 Å². The molecule has 2 aromatic carbocycles. The van der Waals surface area contributed by atoms with Gasteiger partial charge in [-0.3, -0.25) is 4.79 Å². The Labute approximate surface area is 261 Å². The number of likely N-dealkylation sites (tertiary alicyclic amines) is 1. The van der Waals surface area contributed by atoms with Crippen LogP contribution in [0.4, 0.5) is 36.8 Å². The number of hydrogen-bond donors (Lipinski definition) is 1. The predicted molar refractivity (Wildman–Crippen MR) is 158 cm³/mol. The minimum absolute atomic E-state index is 0.0299. The molecule has 0 bridgehead atoms. The van der Waals surface area contributed by atoms with Crippen molar-refractivity contribution in [3.05, 3.63) is 59.2 Å². The van der Waals surface area contributed by atoms with Crippen molar-refractivity contribution >= 4 is 35.5 Å². The normalized spacial score (nSPS) is 17.1. The summed E-state index contributed by atoms with van der Waals surface area (Å²) in [5, 5.41) is 3.31. The molecule has 2 fully saturated rings. The van der Waals surface area contributed by atoms with Crippen LogP contribution >= 0.6 is 11.8 Å². The molecule has 1 N–H and O–H groups in total. The molecule has 0 spiro atoms. The first-order valence-corrected chi connectivity index (χ1v) is 15.2. The molecule has 0 aliphatic carbocycles. The molecule has 0 atom stereocenters. The van der Waals surface area contributed by atoms with Gasteiger partial charge in [0.05, 0.1) is 24.3 Å². The Balaban J connectivity index is 1.53. The lowest BCUT2D eigenvalue weighted by Gasteiger charge is -2.34. The van der Waals surface area contributed by atoms with Gasteiger partial charge in [-0.1, -0.05) is 23.9 Å². The number of nitrogens with zero attached hydrogens (tertiary/aromatic N) is 2. The summed E-state index contributed by atoms with van der Waals surface area (Å²) in [6.45, 7) is 7.26. The Morgan fingerprint density at radius 2 is 1.56 bits per heavy atom. The molecule has 2 saturated heterocycles. The van der Waals surface area contributed by atoms with Gasteiger partial charge >= 0.3 is 18.4 Å². The Morgan fingerprint density at radius 1 is 0.911 bits per heavy atom. The number of ether oxygens (including phenoxy) is 2. The number of piperidine rings is 1. The second-order valence-electron chi connectivity index (χ2n) is 11.7. The van der Waals surface area contributed by atoms with Gasteiger partial charge in [-0.15, -0.1) is 0 Å². The summed E-state index contributed by atoms with van der Waals surface area (Å²) in [6.07, 6.45) is -8.23. The van der Waals surface area contributed by atoms with Gasteiger partial charge in [0.1, 0.15) is 5.60 Å². The summed E-state index contributed by atoms with van der Waals surface area (Å²) in [5.74, 6) is -0.613. The lowest BCUT2D eigenvalue weighted by Crippen LogP contribution is -2.44. The Hall–Kier alpha value is -3.39. The molecular weight excluding hydrogens is 624 g/mol. The molecule has 0 unspecified atom stereocenters. The zero-order valence-electron chi connectivity index (χ0n) is 25.1. The molecule has 4 rings (SSSR count). The number of carbonyl (C=O) groups excluding carboxylic acids is 2. The lowest BCUT2D eigenvalue weighted by atomic mass is 9.99. The average molecular weight is 660 g/mol. The zero-order chi connectivity index (χ0) is 33.0. The summed E-state index contributed by atoms with van der Waals surface area (Å²) in [6, 6.07) is 8.33. The van der Waals surface area contributed by atoms with Gasteiger partial charge in [-0.05, 0) is 69.5 Å². The van der Waals surface area contributed by atoms with Crippen molar-refractivity contribution < 1.29 is 45.4 Å². The van der Waals surface area contributed by atoms with Crippen molar-refractivity contribution in [1.29, 1.82) is 0 Å². The van der Waals surface area contributed by atoms with Crippen LogP contribution in [0.1, 0.15) is 50.3 Å². The van der Waals surface area contributed by atoms with Crippen LogP contribution in [0, 0.1) is 0 Å². The van der Waals surface area contributed by atoms with Crippen LogP contribution in [0.25, 0.3) is 6.08 Å². The van der Waals surface area contributed by atoms with Crippen LogP contribution in [0.3, 0.4) is 0 Å². The van der Waals surface area contributed by atoms with Crippen LogP contribution in [-0.2, 0) is 26.6 Å². The van der Waals surface area contributed by atoms with Crippen LogP contribution in [0.2, 0.25) is 0 Å². The third kappa shape index (κ3) is 9.55. The first kappa shape index (κ1) is 34.5. The van der Waals surface area contributed by atoms with E-state index in [0.29, 0.717) is 48.3 Å². The smallest absolute Gasteiger partial charge is 0.418 e. The number of morpholine rings is 1. The van der Waals surface area contributed by atoms with Gasteiger partial charge in [0, 0.05) is 53.8 Å². The van der Waals surface area contributed by atoms with E-state index >= 15 is 0 Å². The van der Waals surface area contributed by atoms with E-state index in [4.69, 9.17) is 9.47 Å². The van der Waals surface area contributed by atoms with Gasteiger partial charge < -0.3 is 24.6 Å². The maximum absolute atomic E-state index is 14.3. The summed E-state index contributed by atoms with van der Waals surface area (Å²) >= 11 is 0.570. The van der Waals surface area contributed by atoms with Gasteiger partial charge in [-0.2, -0.15) is 26.3 Å². The van der Waals surface area contributed by atoms with Crippen molar-refractivity contribution in [3.8, 4) is 0 Å². The number of anilines is 1. The fourth-order valence-corrected chi connectivity index (χ4v) is 6.05. The highest BCUT2D eigenvalue weighted by atomic mass is 32.2. The number of alkyl halides is 6. The molecule has 246 valence electrons. The van der Waals surface area contributed by atoms with E-state index in [0.717, 1.165) is 24.3 Å². The first-order valence-electron chi connectivity index (χ1n) is 14.4. The number of hydrogen-bond acceptors (Lipinski definition) is 6. The molecule has 2 heterocycles. The second-order valence-corrected chi connectivity index (χ2v) is 12.8. The Morgan fingerprint density at radius 3 is 2.16 bits per heavy atom. The highest BCUT2D eigenvalue weighted by Crippen LogP contribution is 2.48. The maximum atomic E-state index is 14.3. The molecule has 45 heavy (non-hydrogen) atoms. The summed E-state index contributed by atoms with van der Waals surface area (Å²) < 4.78 is 96.1. The van der Waals surface area contributed by atoms with Crippen molar-refractivity contribution in [2.24, 2.45) is 0 Å². The van der Waals surface area contributed by atoms with Crippen LogP contribution in [0.5, 0.6) is 0 Å². The minimum Gasteiger partial charge on any atom is -0.444 e. The SMILES string of the molecule is CC(C)(C)OC(=O)N1CCC(Nc2cccc(Sc3ccc(/C=C/C(=O)N4CCOCC4)c(C(F)(F)F)c3C(F)(F)F)c2)CC1. The van der Waals surface area contributed by atoms with Gasteiger partial charge in [0.2, 0.25) is 5.91 Å². The minimum atomic E-state index is -5.35. The van der Waals surface area contributed by atoms with E-state index in [1.807, 2.05) is 0 Å². The number of halogens is 6. The molecule has 2 aliphatic rings. The number of carbonyl (C=O) groups is 2. The van der Waals surface area contributed by atoms with E-state index in [9.17, 15) is 35.9 Å². The van der Waals surface area contributed by atoms with Gasteiger partial charge in [0.15, 0.2) is 0 Å². The number of rotatable bonds is 6. The Kier molecular flexibility index (Phi) is 10.7. The lowest BCUT2D eigenvalue weighted by molar-refractivity contribution is -0.163. The average Bonchev–Trinajstić information content (AvgIpc) is 2.95. The quantitative estimate of drug-likeness (QED) is 0.255. The van der Waals surface area contributed by atoms with Crippen molar-refractivity contribution in [1.82, 2.24) is 9.80 Å². The summed E-state index contributed by atoms with van der Waals surface area (Å²) in [5.41, 5.74) is -4.45. The van der Waals surface area contributed by atoms with Gasteiger partial charge in [-0.25, -0.2) is 4.79 Å². The number of nitrogens with one attached hydrogen (secondary N) is 1. The van der Waals surface area contributed by atoms with Crippen molar-refractivity contribution in [2.75, 3.05) is 44.7 Å². The number of amides is 2. The van der Waals surface area contributed by atoms with E-state index in [2.05, 4.69) is 5.32 Å². The second kappa shape index (κ2) is 13.9. The molecule has 0 saturated carbocycles. The van der Waals surface area contributed by atoms with E-state index < -0.39 is 51.5 Å². The van der Waals surface area contributed by atoms with Crippen molar-refractivity contribution in [3.63, 3.8) is 0 Å². The highest BCUT2D eigenvalue weighted by molar-refractivity contribution is 7.99. The topological polar surface area (TPSA) is 71.1 Å². The third-order valence-electron chi connectivity index (χ3n) is 7.07. The summed E-state index contributed by atoms with van der Waals surface area (Å²) in [4.78, 5) is 27.4. The highest BCUT2D eigenvalue weighted by Gasteiger charge is 2.46. The van der Waals surface area contributed by atoms with Crippen LogP contribution in [-0.4, -0.2) is 72.8 Å². The third-order valence-corrected chi connectivity index (χ3v) is 8.12. The van der Waals surface area contributed by atoms with Crippen LogP contribution < -0.4 is 5.32 Å². The zero-order valence-corrected chi connectivity index (χ0v) is 25.9. The fraction of sp³-hybridized carbons (Fsp3) is 0.484.